The highest BCUT2D eigenvalue weighted by atomic mass is 35.5. The third-order valence-corrected chi connectivity index (χ3v) is 7.98. The number of carbonyl (C=O) groups is 4. The second-order valence-corrected chi connectivity index (χ2v) is 9.98. The van der Waals surface area contributed by atoms with Crippen molar-refractivity contribution in [1.82, 2.24) is 0 Å². The van der Waals surface area contributed by atoms with Gasteiger partial charge in [-0.3, -0.25) is 19.2 Å². The van der Waals surface area contributed by atoms with E-state index in [-0.39, 0.29) is 11.1 Å². The van der Waals surface area contributed by atoms with E-state index >= 15 is 0 Å². The number of rotatable bonds is 2. The van der Waals surface area contributed by atoms with Crippen molar-refractivity contribution >= 4 is 51.4 Å². The second-order valence-electron chi connectivity index (χ2n) is 9.54. The van der Waals surface area contributed by atoms with E-state index in [9.17, 15) is 19.2 Å². The van der Waals surface area contributed by atoms with Crippen molar-refractivity contribution in [3.63, 3.8) is 0 Å². The van der Waals surface area contributed by atoms with E-state index in [2.05, 4.69) is 0 Å². The van der Waals surface area contributed by atoms with Gasteiger partial charge in [-0.1, -0.05) is 84.4 Å². The highest BCUT2D eigenvalue weighted by molar-refractivity contribution is 6.37. The molecule has 3 atom stereocenters. The van der Waals surface area contributed by atoms with Gasteiger partial charge in [-0.2, -0.15) is 0 Å². The predicted molar refractivity (Wildman–Crippen MR) is 137 cm³/mol. The van der Waals surface area contributed by atoms with E-state index in [4.69, 9.17) is 16.3 Å². The Hall–Kier alpha value is -4.13. The van der Waals surface area contributed by atoms with Crippen LogP contribution in [0, 0.1) is 11.8 Å². The van der Waals surface area contributed by atoms with Gasteiger partial charge in [0.25, 0.3) is 0 Å². The summed E-state index contributed by atoms with van der Waals surface area (Å²) in [5.41, 5.74) is -0.722. The molecular weight excluding hydrogens is 490 g/mol. The number of benzene rings is 4. The molecule has 6 nitrogen and oxygen atoms in total. The third-order valence-electron chi connectivity index (χ3n) is 7.73. The molecular formula is C30H18ClNO5. The Kier molecular flexibility index (Phi) is 4.59. The molecule has 2 saturated heterocycles. The highest BCUT2D eigenvalue weighted by Gasteiger charge is 2.74. The molecule has 3 aliphatic rings. The van der Waals surface area contributed by atoms with Crippen molar-refractivity contribution in [2.24, 2.45) is 11.8 Å². The zero-order chi connectivity index (χ0) is 25.5. The lowest BCUT2D eigenvalue weighted by atomic mass is 9.77. The smallest absolute Gasteiger partial charge is 0.241 e. The van der Waals surface area contributed by atoms with Crippen molar-refractivity contribution in [2.75, 3.05) is 4.90 Å². The molecule has 7 rings (SSSR count). The van der Waals surface area contributed by atoms with Crippen LogP contribution >= 0.6 is 11.6 Å². The van der Waals surface area contributed by atoms with E-state index in [0.29, 0.717) is 16.3 Å². The molecule has 0 unspecified atom stereocenters. The Labute approximate surface area is 216 Å². The lowest BCUT2D eigenvalue weighted by Crippen LogP contribution is -2.51. The molecule has 7 heteroatoms. The molecule has 4 aromatic carbocycles. The molecule has 2 aliphatic heterocycles. The van der Waals surface area contributed by atoms with Gasteiger partial charge in [0.2, 0.25) is 29.0 Å². The van der Waals surface area contributed by atoms with E-state index in [1.807, 2.05) is 30.3 Å². The maximum atomic E-state index is 14.2. The van der Waals surface area contributed by atoms with Gasteiger partial charge in [-0.05, 0) is 29.1 Å². The summed E-state index contributed by atoms with van der Waals surface area (Å²) in [5.74, 6) is -4.64. The largest absolute Gasteiger partial charge is 0.349 e. The average molecular weight is 508 g/mol. The average Bonchev–Trinajstić information content (AvgIpc) is 3.49. The van der Waals surface area contributed by atoms with Crippen molar-refractivity contribution < 1.29 is 23.9 Å². The number of hydrogen-bond donors (Lipinski definition) is 0. The fourth-order valence-electron chi connectivity index (χ4n) is 6.11. The monoisotopic (exact) mass is 507 g/mol. The van der Waals surface area contributed by atoms with Gasteiger partial charge < -0.3 is 4.74 Å². The molecule has 1 spiro atoms. The molecule has 180 valence electrons. The van der Waals surface area contributed by atoms with Crippen LogP contribution in [0.25, 0.3) is 10.8 Å². The van der Waals surface area contributed by atoms with Gasteiger partial charge in [-0.25, -0.2) is 4.90 Å². The van der Waals surface area contributed by atoms with Gasteiger partial charge in [0, 0.05) is 21.5 Å². The normalized spacial score (nSPS) is 23.8. The number of fused-ring (bicyclic) bond motifs is 4. The summed E-state index contributed by atoms with van der Waals surface area (Å²) in [6.45, 7) is 0. The molecule has 0 aromatic heterocycles. The molecule has 0 saturated carbocycles. The van der Waals surface area contributed by atoms with Gasteiger partial charge in [0.05, 0.1) is 23.6 Å². The van der Waals surface area contributed by atoms with E-state index < -0.39 is 46.9 Å². The minimum atomic E-state index is -2.11. The third kappa shape index (κ3) is 2.79. The van der Waals surface area contributed by atoms with Crippen LogP contribution in [0.5, 0.6) is 0 Å². The first-order chi connectivity index (χ1) is 17.9. The molecule has 2 amide bonds. The Balaban J connectivity index is 1.44. The summed E-state index contributed by atoms with van der Waals surface area (Å²) in [6, 6.07) is 25.9. The summed E-state index contributed by atoms with van der Waals surface area (Å²) in [6.07, 6.45) is -0.985. The number of nitrogens with zero attached hydrogens (tertiary/aromatic N) is 1. The van der Waals surface area contributed by atoms with Crippen molar-refractivity contribution in [3.05, 3.63) is 113 Å². The minimum absolute atomic E-state index is 0.201. The molecule has 2 heterocycles. The Morgan fingerprint density at radius 1 is 0.703 bits per heavy atom. The number of amides is 2. The zero-order valence-electron chi connectivity index (χ0n) is 19.3. The maximum absolute atomic E-state index is 14.2. The molecule has 2 fully saturated rings. The number of hydrogen-bond acceptors (Lipinski definition) is 5. The zero-order valence-corrected chi connectivity index (χ0v) is 20.0. The van der Waals surface area contributed by atoms with E-state index in [1.54, 1.807) is 60.7 Å². The summed E-state index contributed by atoms with van der Waals surface area (Å²) in [7, 11) is 0. The minimum Gasteiger partial charge on any atom is -0.349 e. The summed E-state index contributed by atoms with van der Waals surface area (Å²) >= 11 is 6.09. The van der Waals surface area contributed by atoms with Gasteiger partial charge in [0.1, 0.15) is 0 Å². The fraction of sp³-hybridized carbons (Fsp3) is 0.133. The summed E-state index contributed by atoms with van der Waals surface area (Å²) in [5, 5.41) is 2.06. The second kappa shape index (κ2) is 7.68. The number of ether oxygens (including phenoxy) is 1. The van der Waals surface area contributed by atoms with Gasteiger partial charge in [0.15, 0.2) is 0 Å². The van der Waals surface area contributed by atoms with E-state index in [1.165, 1.54) is 0 Å². The summed E-state index contributed by atoms with van der Waals surface area (Å²) in [4.78, 5) is 57.1. The van der Waals surface area contributed by atoms with Crippen molar-refractivity contribution in [3.8, 4) is 0 Å². The van der Waals surface area contributed by atoms with Gasteiger partial charge in [-0.15, -0.1) is 0 Å². The molecule has 4 aromatic rings. The van der Waals surface area contributed by atoms with Crippen LogP contribution in [0.15, 0.2) is 91.0 Å². The van der Waals surface area contributed by atoms with Crippen molar-refractivity contribution in [2.45, 2.75) is 11.7 Å². The molecule has 0 radical (unpaired) electrons. The highest BCUT2D eigenvalue weighted by Crippen LogP contribution is 2.58. The first-order valence-electron chi connectivity index (χ1n) is 11.9. The molecule has 1 aliphatic carbocycles. The van der Waals surface area contributed by atoms with Crippen LogP contribution in [-0.4, -0.2) is 29.0 Å². The number of carbonyl (C=O) groups excluding carboxylic acids is 4. The lowest BCUT2D eigenvalue weighted by molar-refractivity contribution is -0.127. The van der Waals surface area contributed by atoms with Gasteiger partial charge >= 0.3 is 0 Å². The predicted octanol–water partition coefficient (Wildman–Crippen LogP) is 5.19. The number of anilines is 1. The van der Waals surface area contributed by atoms with Crippen LogP contribution in [0.3, 0.4) is 0 Å². The fourth-order valence-corrected chi connectivity index (χ4v) is 6.24. The van der Waals surface area contributed by atoms with Crippen LogP contribution in [-0.2, 0) is 14.3 Å². The van der Waals surface area contributed by atoms with Crippen molar-refractivity contribution in [1.29, 1.82) is 0 Å². The Morgan fingerprint density at radius 3 is 2.03 bits per heavy atom. The number of Topliss-reactive ketones (excluding diaryl/α,β-unsaturated/α-hetero) is 2. The van der Waals surface area contributed by atoms with Crippen LogP contribution in [0.2, 0.25) is 5.02 Å². The Bertz CT molecular complexity index is 1640. The molecule has 0 bridgehead atoms. The summed E-state index contributed by atoms with van der Waals surface area (Å²) < 4.78 is 6.31. The number of ketones is 2. The quantitative estimate of drug-likeness (QED) is 0.275. The molecule has 0 N–H and O–H groups in total. The number of halogens is 1. The number of imide groups is 1. The van der Waals surface area contributed by atoms with Crippen LogP contribution in [0.1, 0.15) is 32.4 Å². The van der Waals surface area contributed by atoms with Crippen LogP contribution < -0.4 is 4.90 Å². The van der Waals surface area contributed by atoms with Crippen LogP contribution in [0.4, 0.5) is 5.69 Å². The Morgan fingerprint density at radius 2 is 1.32 bits per heavy atom. The maximum Gasteiger partial charge on any atom is 0.241 e. The topological polar surface area (TPSA) is 80.8 Å². The molecule has 37 heavy (non-hydrogen) atoms. The lowest BCUT2D eigenvalue weighted by Gasteiger charge is -2.27. The SMILES string of the molecule is O=C1[C@@H]2[C@@H](c3ccc(Cl)cc3)OC3(C(=O)c4ccccc4C3=O)[C@@H]2C(=O)N1c1cccc2ccccc12. The first kappa shape index (κ1) is 22.1. The first-order valence-corrected chi connectivity index (χ1v) is 12.3. The standard InChI is InChI=1S/C30H18ClNO5/c31-18-14-12-17(13-15-18)25-23-24(30(37-25)26(33)20-9-3-4-10-21(20)27(30)34)29(36)32(28(23)35)22-11-5-7-16-6-1-2-8-19(16)22/h1-15,23-25H/t23-,24-,25+/m0/s1. The van der Waals surface area contributed by atoms with E-state index in [0.717, 1.165) is 15.7 Å².